The number of rotatable bonds is 13. The van der Waals surface area contributed by atoms with E-state index in [-0.39, 0.29) is 30.0 Å². The number of hydrogen-bond acceptors (Lipinski definition) is 5. The molecule has 0 aromatic heterocycles. The van der Waals surface area contributed by atoms with E-state index in [9.17, 15) is 9.59 Å². The van der Waals surface area contributed by atoms with Crippen molar-refractivity contribution in [3.8, 4) is 34.1 Å². The Kier molecular flexibility index (Phi) is 11.2. The molecule has 0 aliphatic heterocycles. The number of carbonyl (C=O) groups excluding carboxylic acids is 2. The van der Waals surface area contributed by atoms with Crippen LogP contribution in [0.15, 0.2) is 152 Å². The Bertz CT molecular complexity index is 2040. The third kappa shape index (κ3) is 8.96. The van der Waals surface area contributed by atoms with Gasteiger partial charge in [-0.3, -0.25) is 9.59 Å². The fourth-order valence-corrected chi connectivity index (χ4v) is 5.61. The Balaban J connectivity index is 1.12. The molecule has 0 spiro atoms. The van der Waals surface area contributed by atoms with Gasteiger partial charge in [0.15, 0.2) is 0 Å². The second-order valence-corrected chi connectivity index (χ2v) is 12.0. The van der Waals surface area contributed by atoms with E-state index in [2.05, 4.69) is 10.6 Å². The van der Waals surface area contributed by atoms with Gasteiger partial charge < -0.3 is 24.8 Å². The number of benzene rings is 6. The van der Waals surface area contributed by atoms with Crippen LogP contribution < -0.4 is 20.1 Å². The summed E-state index contributed by atoms with van der Waals surface area (Å²) in [6.45, 7) is 0.279. The monoisotopic (exact) mass is 682 g/mol. The van der Waals surface area contributed by atoms with E-state index in [1.54, 1.807) is 43.5 Å². The number of anilines is 1. The van der Waals surface area contributed by atoms with E-state index in [0.717, 1.165) is 28.2 Å². The minimum atomic E-state index is -0.389. The third-order valence-electron chi connectivity index (χ3n) is 7.88. The van der Waals surface area contributed by atoms with Gasteiger partial charge in [0.1, 0.15) is 23.0 Å². The van der Waals surface area contributed by atoms with Crippen molar-refractivity contribution < 1.29 is 23.8 Å². The molecule has 0 fully saturated rings. The molecule has 1 atom stereocenters. The lowest BCUT2D eigenvalue weighted by Crippen LogP contribution is -2.40. The zero-order chi connectivity index (χ0) is 34.7. The van der Waals surface area contributed by atoms with E-state index in [0.29, 0.717) is 34.2 Å². The molecule has 6 aromatic rings. The molecule has 50 heavy (non-hydrogen) atoms. The average Bonchev–Trinajstić information content (AvgIpc) is 3.14. The van der Waals surface area contributed by atoms with Gasteiger partial charge in [0.25, 0.3) is 11.8 Å². The average molecular weight is 683 g/mol. The molecule has 0 aliphatic rings. The Morgan fingerprint density at radius 1 is 0.660 bits per heavy atom. The molecule has 2 N–H and O–H groups in total. The summed E-state index contributed by atoms with van der Waals surface area (Å²) in [5.41, 5.74) is 3.96. The maximum atomic E-state index is 13.6. The molecule has 0 aliphatic carbocycles. The van der Waals surface area contributed by atoms with Crippen LogP contribution in [0.3, 0.4) is 0 Å². The lowest BCUT2D eigenvalue weighted by atomic mass is 10.00. The highest BCUT2D eigenvalue weighted by Gasteiger charge is 2.20. The lowest BCUT2D eigenvalue weighted by molar-refractivity contribution is 0.0897. The number of para-hydroxylation sites is 3. The van der Waals surface area contributed by atoms with Gasteiger partial charge in [-0.05, 0) is 90.3 Å². The quantitative estimate of drug-likeness (QED) is 0.127. The number of amides is 2. The molecule has 8 heteroatoms. The summed E-state index contributed by atoms with van der Waals surface area (Å²) >= 11 is 6.31. The molecule has 0 heterocycles. The number of methoxy groups -OCH3 is 1. The van der Waals surface area contributed by atoms with Crippen molar-refractivity contribution in [1.29, 1.82) is 0 Å². The maximum Gasteiger partial charge on any atom is 0.255 e. The van der Waals surface area contributed by atoms with Gasteiger partial charge in [0.2, 0.25) is 0 Å². The lowest BCUT2D eigenvalue weighted by Gasteiger charge is -2.20. The van der Waals surface area contributed by atoms with E-state index in [1.165, 1.54) is 6.07 Å². The van der Waals surface area contributed by atoms with Crippen molar-refractivity contribution in [2.24, 2.45) is 0 Å². The zero-order valence-electron chi connectivity index (χ0n) is 27.3. The second kappa shape index (κ2) is 16.5. The predicted octanol–water partition coefficient (Wildman–Crippen LogP) is 9.83. The van der Waals surface area contributed by atoms with Crippen LogP contribution in [-0.2, 0) is 11.2 Å². The van der Waals surface area contributed by atoms with Crippen LogP contribution in [0.2, 0.25) is 5.02 Å². The van der Waals surface area contributed by atoms with Gasteiger partial charge in [-0.1, -0.05) is 90.5 Å². The summed E-state index contributed by atoms with van der Waals surface area (Å²) in [4.78, 5) is 26.9. The van der Waals surface area contributed by atoms with Crippen molar-refractivity contribution in [3.63, 3.8) is 0 Å². The van der Waals surface area contributed by atoms with Gasteiger partial charge in [-0.15, -0.1) is 0 Å². The highest BCUT2D eigenvalue weighted by molar-refractivity contribution is 6.31. The van der Waals surface area contributed by atoms with Crippen LogP contribution in [0.25, 0.3) is 11.1 Å². The minimum absolute atomic E-state index is 0.237. The van der Waals surface area contributed by atoms with E-state index >= 15 is 0 Å². The summed E-state index contributed by atoms with van der Waals surface area (Å²) in [6.07, 6.45) is 0.516. The molecule has 0 bridgehead atoms. The molecule has 0 saturated heterocycles. The van der Waals surface area contributed by atoms with Crippen molar-refractivity contribution in [2.75, 3.05) is 19.0 Å². The Labute approximate surface area is 296 Å². The number of nitrogens with one attached hydrogen (secondary N) is 2. The summed E-state index contributed by atoms with van der Waals surface area (Å²) in [6, 6.07) is 46.3. The molecule has 0 saturated carbocycles. The van der Waals surface area contributed by atoms with E-state index < -0.39 is 0 Å². The molecule has 250 valence electrons. The largest absolute Gasteiger partial charge is 0.457 e. The number of hydrogen-bond donors (Lipinski definition) is 2. The molecule has 0 radical (unpaired) electrons. The van der Waals surface area contributed by atoms with Gasteiger partial charge in [0, 0.05) is 23.3 Å². The minimum Gasteiger partial charge on any atom is -0.457 e. The van der Waals surface area contributed by atoms with Gasteiger partial charge in [0.05, 0.1) is 23.9 Å². The smallest absolute Gasteiger partial charge is 0.255 e. The first-order valence-corrected chi connectivity index (χ1v) is 16.5. The Morgan fingerprint density at radius 2 is 1.28 bits per heavy atom. The first-order valence-electron chi connectivity index (χ1n) is 16.1. The number of carbonyl (C=O) groups is 2. The van der Waals surface area contributed by atoms with Crippen molar-refractivity contribution in [3.05, 3.63) is 173 Å². The normalized spacial score (nSPS) is 11.3. The molecular weight excluding hydrogens is 648 g/mol. The van der Waals surface area contributed by atoms with E-state index in [1.807, 2.05) is 109 Å². The molecule has 7 nitrogen and oxygen atoms in total. The second-order valence-electron chi connectivity index (χ2n) is 11.5. The predicted molar refractivity (Wildman–Crippen MR) is 198 cm³/mol. The standard InChI is InChI=1S/C42H35ClN2O5/c1-48-28-33(26-29-16-18-30(19-17-29)37-14-8-9-15-40(37)50-35-12-6-3-7-13-35)44-42(47)38-27-32(43)22-25-39(38)45-41(46)31-20-23-36(24-21-31)49-34-10-4-2-5-11-34/h2-25,27,33H,26,28H2,1H3,(H,44,47)(H,45,46)/t33-/m0/s1. The fourth-order valence-electron chi connectivity index (χ4n) is 5.44. The van der Waals surface area contributed by atoms with Gasteiger partial charge >= 0.3 is 0 Å². The van der Waals surface area contributed by atoms with Crippen molar-refractivity contribution in [2.45, 2.75) is 12.5 Å². The number of ether oxygens (including phenoxy) is 3. The van der Waals surface area contributed by atoms with Crippen LogP contribution in [0.1, 0.15) is 26.3 Å². The summed E-state index contributed by atoms with van der Waals surface area (Å²) in [5.74, 6) is 2.05. The van der Waals surface area contributed by atoms with Crippen molar-refractivity contribution in [1.82, 2.24) is 5.32 Å². The Morgan fingerprint density at radius 3 is 1.96 bits per heavy atom. The number of halogens is 1. The van der Waals surface area contributed by atoms with Crippen LogP contribution in [-0.4, -0.2) is 31.6 Å². The van der Waals surface area contributed by atoms with E-state index in [4.69, 9.17) is 25.8 Å². The fraction of sp³-hybridized carbons (Fsp3) is 0.0952. The van der Waals surface area contributed by atoms with Gasteiger partial charge in [-0.25, -0.2) is 0 Å². The highest BCUT2D eigenvalue weighted by atomic mass is 35.5. The highest BCUT2D eigenvalue weighted by Crippen LogP contribution is 2.33. The molecule has 0 unspecified atom stereocenters. The summed E-state index contributed by atoms with van der Waals surface area (Å²) in [5, 5.41) is 6.29. The topological polar surface area (TPSA) is 85.9 Å². The SMILES string of the molecule is COC[C@H](Cc1ccc(-c2ccccc2Oc2ccccc2)cc1)NC(=O)c1cc(Cl)ccc1NC(=O)c1ccc(Oc2ccccc2)cc1. The maximum absolute atomic E-state index is 13.6. The van der Waals surface area contributed by atoms with Gasteiger partial charge in [-0.2, -0.15) is 0 Å². The molecule has 6 rings (SSSR count). The van der Waals surface area contributed by atoms with Crippen LogP contribution in [0, 0.1) is 0 Å². The molecule has 6 aromatic carbocycles. The summed E-state index contributed by atoms with van der Waals surface area (Å²) in [7, 11) is 1.59. The third-order valence-corrected chi connectivity index (χ3v) is 8.11. The molecule has 2 amide bonds. The first-order chi connectivity index (χ1) is 24.4. The van der Waals surface area contributed by atoms with Crippen LogP contribution in [0.5, 0.6) is 23.0 Å². The molecular formula is C42H35ClN2O5. The van der Waals surface area contributed by atoms with Crippen molar-refractivity contribution >= 4 is 29.1 Å². The zero-order valence-corrected chi connectivity index (χ0v) is 28.1. The van der Waals surface area contributed by atoms with Crippen LogP contribution >= 0.6 is 11.6 Å². The van der Waals surface area contributed by atoms with Crippen LogP contribution in [0.4, 0.5) is 5.69 Å². The Hall–Kier alpha value is -5.89. The first kappa shape index (κ1) is 34.0. The summed E-state index contributed by atoms with van der Waals surface area (Å²) < 4.78 is 17.5.